The van der Waals surface area contributed by atoms with Gasteiger partial charge in [-0.25, -0.2) is 0 Å². The predicted molar refractivity (Wildman–Crippen MR) is 73.0 cm³/mol. The molecule has 1 rings (SSSR count). The van der Waals surface area contributed by atoms with Crippen LogP contribution in [0, 0.1) is 0 Å². The van der Waals surface area contributed by atoms with Gasteiger partial charge in [0.15, 0.2) is 5.69 Å². The summed E-state index contributed by atoms with van der Waals surface area (Å²) in [5, 5.41) is 8.11. The summed E-state index contributed by atoms with van der Waals surface area (Å²) < 4.78 is 39.3. The second-order valence-corrected chi connectivity index (χ2v) is 6.00. The molecule has 6 nitrogen and oxygen atoms in total. The number of rotatable bonds is 3. The number of carbonyl (C=O) groups is 2. The van der Waals surface area contributed by atoms with Gasteiger partial charge in [-0.1, -0.05) is 0 Å². The number of nitrogens with one attached hydrogen (secondary N) is 2. The molecule has 0 bridgehead atoms. The van der Waals surface area contributed by atoms with Crippen molar-refractivity contribution in [3.63, 3.8) is 0 Å². The van der Waals surface area contributed by atoms with Crippen molar-refractivity contribution in [2.45, 2.75) is 45.5 Å². The summed E-state index contributed by atoms with van der Waals surface area (Å²) in [5.41, 5.74) is -2.41. The summed E-state index contributed by atoms with van der Waals surface area (Å²) in [6, 6.07) is -0.979. The van der Waals surface area contributed by atoms with E-state index in [1.54, 1.807) is 20.8 Å². The minimum Gasteiger partial charge on any atom is -0.350 e. The highest BCUT2D eigenvalue weighted by Crippen LogP contribution is 2.30. The number of halogens is 3. The Bertz CT molecular complexity index is 573. The zero-order valence-electron chi connectivity index (χ0n) is 13.0. The van der Waals surface area contributed by atoms with Gasteiger partial charge in [-0.05, 0) is 27.7 Å². The van der Waals surface area contributed by atoms with E-state index in [-0.39, 0.29) is 0 Å². The molecule has 0 aliphatic heterocycles. The van der Waals surface area contributed by atoms with E-state index in [1.807, 2.05) is 0 Å². The van der Waals surface area contributed by atoms with Crippen LogP contribution in [0.25, 0.3) is 0 Å². The van der Waals surface area contributed by atoms with E-state index in [2.05, 4.69) is 15.7 Å². The average Bonchev–Trinajstić information content (AvgIpc) is 2.68. The molecule has 2 N–H and O–H groups in total. The van der Waals surface area contributed by atoms with E-state index in [1.165, 1.54) is 14.0 Å². The van der Waals surface area contributed by atoms with Gasteiger partial charge in [-0.15, -0.1) is 0 Å². The lowest BCUT2D eigenvalue weighted by molar-refractivity contribution is -0.141. The van der Waals surface area contributed by atoms with Crippen LogP contribution in [0.3, 0.4) is 0 Å². The lowest BCUT2D eigenvalue weighted by Crippen LogP contribution is -2.51. The third kappa shape index (κ3) is 4.74. The van der Waals surface area contributed by atoms with Crippen LogP contribution in [-0.4, -0.2) is 33.2 Å². The predicted octanol–water partition coefficient (Wildman–Crippen LogP) is 1.47. The second-order valence-electron chi connectivity index (χ2n) is 6.00. The first kappa shape index (κ1) is 18.0. The monoisotopic (exact) mass is 320 g/mol. The lowest BCUT2D eigenvalue weighted by Gasteiger charge is -2.23. The molecular weight excluding hydrogens is 301 g/mol. The highest BCUT2D eigenvalue weighted by Gasteiger charge is 2.39. The Morgan fingerprint density at radius 1 is 1.27 bits per heavy atom. The van der Waals surface area contributed by atoms with Crippen LogP contribution in [0.5, 0.6) is 0 Å². The van der Waals surface area contributed by atoms with Crippen molar-refractivity contribution < 1.29 is 22.8 Å². The molecule has 1 atom stereocenters. The fraction of sp³-hybridized carbons (Fsp3) is 0.615. The van der Waals surface area contributed by atoms with Crippen LogP contribution in [-0.2, 0) is 18.0 Å². The fourth-order valence-electron chi connectivity index (χ4n) is 1.68. The molecule has 2 amide bonds. The number of nitrogens with zero attached hydrogens (tertiary/aromatic N) is 2. The van der Waals surface area contributed by atoms with Crippen molar-refractivity contribution >= 4 is 11.8 Å². The Balaban J connectivity index is 2.88. The molecule has 1 aromatic rings. The number of aryl methyl sites for hydroxylation is 1. The van der Waals surface area contributed by atoms with Crippen molar-refractivity contribution in [1.82, 2.24) is 20.4 Å². The molecule has 9 heteroatoms. The highest BCUT2D eigenvalue weighted by molar-refractivity contribution is 5.98. The van der Waals surface area contributed by atoms with Crippen LogP contribution in [0.4, 0.5) is 13.2 Å². The summed E-state index contributed by atoms with van der Waals surface area (Å²) in [6.07, 6.45) is -3.78. The van der Waals surface area contributed by atoms with E-state index in [0.717, 1.165) is 10.9 Å². The summed E-state index contributed by atoms with van der Waals surface area (Å²) in [7, 11) is 1.28. The first-order valence-electron chi connectivity index (χ1n) is 6.55. The SMILES string of the molecule is CC(NC(=O)c1cn(C)nc1C(F)(F)F)C(=O)NC(C)(C)C. The largest absolute Gasteiger partial charge is 0.435 e. The molecule has 0 spiro atoms. The van der Waals surface area contributed by atoms with Gasteiger partial charge in [0.05, 0.1) is 5.56 Å². The summed E-state index contributed by atoms with van der Waals surface area (Å²) in [5.74, 6) is -1.49. The van der Waals surface area contributed by atoms with Crippen molar-refractivity contribution in [2.24, 2.45) is 7.05 Å². The molecule has 0 fully saturated rings. The number of amides is 2. The molecule has 0 aromatic carbocycles. The van der Waals surface area contributed by atoms with Gasteiger partial charge in [0.2, 0.25) is 5.91 Å². The van der Waals surface area contributed by atoms with Crippen molar-refractivity contribution in [1.29, 1.82) is 0 Å². The maximum absolute atomic E-state index is 12.8. The van der Waals surface area contributed by atoms with E-state index in [0.29, 0.717) is 0 Å². The van der Waals surface area contributed by atoms with Crippen molar-refractivity contribution in [3.05, 3.63) is 17.5 Å². The lowest BCUT2D eigenvalue weighted by atomic mass is 10.1. The number of hydrogen-bond acceptors (Lipinski definition) is 3. The van der Waals surface area contributed by atoms with Gasteiger partial charge in [-0.3, -0.25) is 14.3 Å². The third-order valence-corrected chi connectivity index (χ3v) is 2.58. The molecule has 1 heterocycles. The quantitative estimate of drug-likeness (QED) is 0.885. The van der Waals surface area contributed by atoms with Gasteiger partial charge >= 0.3 is 6.18 Å². The van der Waals surface area contributed by atoms with E-state index in [4.69, 9.17) is 0 Å². The fourth-order valence-corrected chi connectivity index (χ4v) is 1.68. The Morgan fingerprint density at radius 3 is 2.27 bits per heavy atom. The van der Waals surface area contributed by atoms with E-state index >= 15 is 0 Å². The van der Waals surface area contributed by atoms with Gasteiger partial charge < -0.3 is 10.6 Å². The minimum absolute atomic E-state index is 0.488. The molecular formula is C13H19F3N4O2. The number of hydrogen-bond donors (Lipinski definition) is 2. The topological polar surface area (TPSA) is 76.0 Å². The first-order chi connectivity index (χ1) is 9.81. The standard InChI is InChI=1S/C13H19F3N4O2/c1-7(10(21)18-12(2,3)4)17-11(22)8-6-20(5)19-9(8)13(14,15)16/h6-7H,1-5H3,(H,17,22)(H,18,21). The van der Waals surface area contributed by atoms with Crippen molar-refractivity contribution in [3.8, 4) is 0 Å². The zero-order valence-corrected chi connectivity index (χ0v) is 13.0. The molecule has 1 aromatic heterocycles. The number of alkyl halides is 3. The van der Waals surface area contributed by atoms with Gasteiger partial charge in [0.1, 0.15) is 6.04 Å². The van der Waals surface area contributed by atoms with Crippen LogP contribution in [0.2, 0.25) is 0 Å². The molecule has 1 unspecified atom stereocenters. The smallest absolute Gasteiger partial charge is 0.350 e. The maximum atomic E-state index is 12.8. The number of aromatic nitrogens is 2. The van der Waals surface area contributed by atoms with Gasteiger partial charge in [-0.2, -0.15) is 18.3 Å². The summed E-state index contributed by atoms with van der Waals surface area (Å²) in [4.78, 5) is 23.8. The average molecular weight is 320 g/mol. The Kier molecular flexibility index (Phi) is 4.89. The normalized spacial score (nSPS) is 13.6. The van der Waals surface area contributed by atoms with Gasteiger partial charge in [0, 0.05) is 18.8 Å². The molecule has 0 radical (unpaired) electrons. The second kappa shape index (κ2) is 5.98. The minimum atomic E-state index is -4.75. The van der Waals surface area contributed by atoms with Crippen LogP contribution in [0.15, 0.2) is 6.20 Å². The van der Waals surface area contributed by atoms with Crippen LogP contribution in [0.1, 0.15) is 43.7 Å². The number of carbonyl (C=O) groups excluding carboxylic acids is 2. The Labute approximate surface area is 126 Å². The maximum Gasteiger partial charge on any atom is 0.435 e. The summed E-state index contributed by atoms with van der Waals surface area (Å²) >= 11 is 0. The molecule has 0 aliphatic carbocycles. The highest BCUT2D eigenvalue weighted by atomic mass is 19.4. The Morgan fingerprint density at radius 2 is 1.82 bits per heavy atom. The molecule has 0 saturated heterocycles. The Hall–Kier alpha value is -2.06. The molecule has 0 saturated carbocycles. The summed E-state index contributed by atoms with van der Waals surface area (Å²) in [6.45, 7) is 6.65. The molecule has 0 aliphatic rings. The zero-order chi connectivity index (χ0) is 17.3. The van der Waals surface area contributed by atoms with Gasteiger partial charge in [0.25, 0.3) is 5.91 Å². The van der Waals surface area contributed by atoms with Crippen molar-refractivity contribution in [2.75, 3.05) is 0 Å². The van der Waals surface area contributed by atoms with Crippen LogP contribution >= 0.6 is 0 Å². The van der Waals surface area contributed by atoms with E-state index < -0.39 is 40.8 Å². The van der Waals surface area contributed by atoms with E-state index in [9.17, 15) is 22.8 Å². The third-order valence-electron chi connectivity index (χ3n) is 2.58. The van der Waals surface area contributed by atoms with Crippen LogP contribution < -0.4 is 10.6 Å². The molecule has 22 heavy (non-hydrogen) atoms. The first-order valence-corrected chi connectivity index (χ1v) is 6.55. The molecule has 124 valence electrons.